The molecule has 1 aromatic carbocycles. The number of benzene rings is 1. The van der Waals surface area contributed by atoms with E-state index in [2.05, 4.69) is 0 Å². The Balaban J connectivity index is 2.37. The molecule has 0 bridgehead atoms. The molecule has 0 spiro atoms. The molecule has 0 aliphatic heterocycles. The van der Waals surface area contributed by atoms with Gasteiger partial charge in [-0.3, -0.25) is 0 Å². The number of sulfonamides is 1. The first-order valence-electron chi connectivity index (χ1n) is 6.71. The molecular formula is C15H18ClNO3S2. The number of methoxy groups -OCH3 is 1. The van der Waals surface area contributed by atoms with Crippen LogP contribution in [0.4, 0.5) is 0 Å². The minimum Gasteiger partial charge on any atom is -0.383 e. The number of aryl methyl sites for hydroxylation is 1. The molecule has 1 aromatic heterocycles. The van der Waals surface area contributed by atoms with Gasteiger partial charge in [-0.25, -0.2) is 8.42 Å². The average Bonchev–Trinajstić information content (AvgIpc) is 2.98. The summed E-state index contributed by atoms with van der Waals surface area (Å²) < 4.78 is 32.4. The average molecular weight is 360 g/mol. The van der Waals surface area contributed by atoms with Crippen molar-refractivity contribution < 1.29 is 13.2 Å². The van der Waals surface area contributed by atoms with Gasteiger partial charge in [0, 0.05) is 25.2 Å². The second-order valence-corrected chi connectivity index (χ2v) is 8.00. The van der Waals surface area contributed by atoms with Crippen molar-refractivity contribution in [3.05, 3.63) is 51.2 Å². The van der Waals surface area contributed by atoms with E-state index in [4.69, 9.17) is 16.3 Å². The third kappa shape index (κ3) is 4.08. The quantitative estimate of drug-likeness (QED) is 0.759. The molecule has 120 valence electrons. The SMILES string of the molecule is COCCN(Cc1ccsc1)S(=O)(=O)c1cc(Cl)ccc1C. The number of hydrogen-bond donors (Lipinski definition) is 0. The van der Waals surface area contributed by atoms with Gasteiger partial charge in [0.05, 0.1) is 11.5 Å². The molecule has 0 fully saturated rings. The summed E-state index contributed by atoms with van der Waals surface area (Å²) in [7, 11) is -2.07. The molecular weight excluding hydrogens is 342 g/mol. The standard InChI is InChI=1S/C15H18ClNO3S2/c1-12-3-4-14(16)9-15(12)22(18,19)17(6-7-20-2)10-13-5-8-21-11-13/h3-5,8-9,11H,6-7,10H2,1-2H3. The van der Waals surface area contributed by atoms with Crippen molar-refractivity contribution in [1.82, 2.24) is 4.31 Å². The van der Waals surface area contributed by atoms with Gasteiger partial charge in [-0.2, -0.15) is 15.6 Å². The number of thiophene rings is 1. The van der Waals surface area contributed by atoms with E-state index in [1.165, 1.54) is 10.4 Å². The summed E-state index contributed by atoms with van der Waals surface area (Å²) in [4.78, 5) is 0.242. The summed E-state index contributed by atoms with van der Waals surface area (Å²) in [5.74, 6) is 0. The molecule has 0 saturated carbocycles. The predicted octanol–water partition coefficient (Wildman–Crippen LogP) is 3.55. The first-order chi connectivity index (χ1) is 10.4. The molecule has 1 heterocycles. The minimum atomic E-state index is -3.63. The van der Waals surface area contributed by atoms with Crippen molar-refractivity contribution in [3.8, 4) is 0 Å². The van der Waals surface area contributed by atoms with E-state index in [-0.39, 0.29) is 4.90 Å². The Bertz CT molecular complexity index is 714. The largest absolute Gasteiger partial charge is 0.383 e. The van der Waals surface area contributed by atoms with Gasteiger partial charge in [0.2, 0.25) is 10.0 Å². The van der Waals surface area contributed by atoms with Crippen LogP contribution in [0.2, 0.25) is 5.02 Å². The maximum atomic E-state index is 13.0. The van der Waals surface area contributed by atoms with Gasteiger partial charge in [-0.15, -0.1) is 0 Å². The summed E-state index contributed by atoms with van der Waals surface area (Å²) in [6.45, 7) is 2.72. The van der Waals surface area contributed by atoms with Gasteiger partial charge >= 0.3 is 0 Å². The van der Waals surface area contributed by atoms with E-state index >= 15 is 0 Å². The van der Waals surface area contributed by atoms with E-state index in [9.17, 15) is 8.42 Å². The van der Waals surface area contributed by atoms with Crippen LogP contribution in [0.15, 0.2) is 39.9 Å². The van der Waals surface area contributed by atoms with Crippen LogP contribution in [0.25, 0.3) is 0 Å². The number of rotatable bonds is 7. The lowest BCUT2D eigenvalue weighted by Crippen LogP contribution is -2.33. The number of nitrogens with zero attached hydrogens (tertiary/aromatic N) is 1. The topological polar surface area (TPSA) is 46.6 Å². The summed E-state index contributed by atoms with van der Waals surface area (Å²) in [5, 5.41) is 4.28. The number of hydrogen-bond acceptors (Lipinski definition) is 4. The normalized spacial score (nSPS) is 12.0. The van der Waals surface area contributed by atoms with Gasteiger partial charge in [-0.1, -0.05) is 17.7 Å². The lowest BCUT2D eigenvalue weighted by Gasteiger charge is -2.22. The Morgan fingerprint density at radius 2 is 2.09 bits per heavy atom. The van der Waals surface area contributed by atoms with Crippen molar-refractivity contribution in [2.24, 2.45) is 0 Å². The Morgan fingerprint density at radius 1 is 1.32 bits per heavy atom. The smallest absolute Gasteiger partial charge is 0.243 e. The van der Waals surface area contributed by atoms with E-state index in [0.717, 1.165) is 5.56 Å². The van der Waals surface area contributed by atoms with Crippen molar-refractivity contribution in [3.63, 3.8) is 0 Å². The van der Waals surface area contributed by atoms with Crippen LogP contribution in [0.5, 0.6) is 0 Å². The zero-order valence-corrected chi connectivity index (χ0v) is 14.8. The molecule has 2 aromatic rings. The van der Waals surface area contributed by atoms with Crippen LogP contribution in [0.3, 0.4) is 0 Å². The minimum absolute atomic E-state index is 0.242. The van der Waals surface area contributed by atoms with Crippen molar-refractivity contribution in [2.45, 2.75) is 18.4 Å². The third-order valence-electron chi connectivity index (χ3n) is 3.25. The highest BCUT2D eigenvalue weighted by atomic mass is 35.5. The molecule has 0 amide bonds. The highest BCUT2D eigenvalue weighted by Gasteiger charge is 2.26. The molecule has 2 rings (SSSR count). The molecule has 0 aliphatic rings. The second kappa shape index (κ2) is 7.57. The van der Waals surface area contributed by atoms with Crippen molar-refractivity contribution in [1.29, 1.82) is 0 Å². The second-order valence-electron chi connectivity index (χ2n) is 4.87. The lowest BCUT2D eigenvalue weighted by atomic mass is 10.2. The Labute approximate surface area is 140 Å². The van der Waals surface area contributed by atoms with E-state index < -0.39 is 10.0 Å². The van der Waals surface area contributed by atoms with Crippen LogP contribution < -0.4 is 0 Å². The fourth-order valence-corrected chi connectivity index (χ4v) is 4.61. The van der Waals surface area contributed by atoms with Crippen molar-refractivity contribution >= 4 is 33.0 Å². The molecule has 0 radical (unpaired) electrons. The maximum absolute atomic E-state index is 13.0. The Morgan fingerprint density at radius 3 is 2.73 bits per heavy atom. The molecule has 0 atom stereocenters. The molecule has 0 N–H and O–H groups in total. The monoisotopic (exact) mass is 359 g/mol. The lowest BCUT2D eigenvalue weighted by molar-refractivity contribution is 0.177. The Hall–Kier alpha value is -0.920. The van der Waals surface area contributed by atoms with Crippen LogP contribution in [-0.4, -0.2) is 33.0 Å². The highest BCUT2D eigenvalue weighted by Crippen LogP contribution is 2.25. The third-order valence-corrected chi connectivity index (χ3v) is 6.21. The van der Waals surface area contributed by atoms with Crippen LogP contribution in [0, 0.1) is 6.92 Å². The van der Waals surface area contributed by atoms with Crippen LogP contribution in [-0.2, 0) is 21.3 Å². The van der Waals surface area contributed by atoms with Gasteiger partial charge in [0.25, 0.3) is 0 Å². The molecule has 4 nitrogen and oxygen atoms in total. The predicted molar refractivity (Wildman–Crippen MR) is 90.0 cm³/mol. The molecule has 0 aliphatic carbocycles. The number of halogens is 1. The Kier molecular flexibility index (Phi) is 6.00. The number of ether oxygens (including phenoxy) is 1. The zero-order valence-electron chi connectivity index (χ0n) is 12.5. The maximum Gasteiger partial charge on any atom is 0.243 e. The summed E-state index contributed by atoms with van der Waals surface area (Å²) in [5.41, 5.74) is 1.64. The summed E-state index contributed by atoms with van der Waals surface area (Å²) in [6, 6.07) is 6.83. The van der Waals surface area contributed by atoms with E-state index in [1.807, 2.05) is 16.8 Å². The first kappa shape index (κ1) is 17.4. The van der Waals surface area contributed by atoms with Gasteiger partial charge in [0.15, 0.2) is 0 Å². The molecule has 7 heteroatoms. The molecule has 22 heavy (non-hydrogen) atoms. The van der Waals surface area contributed by atoms with Gasteiger partial charge in [-0.05, 0) is 47.0 Å². The first-order valence-corrected chi connectivity index (χ1v) is 9.47. The van der Waals surface area contributed by atoms with Gasteiger partial charge in [0.1, 0.15) is 0 Å². The summed E-state index contributed by atoms with van der Waals surface area (Å²) in [6.07, 6.45) is 0. The van der Waals surface area contributed by atoms with Gasteiger partial charge < -0.3 is 4.74 Å². The molecule has 0 unspecified atom stereocenters. The fraction of sp³-hybridized carbons (Fsp3) is 0.333. The van der Waals surface area contributed by atoms with E-state index in [1.54, 1.807) is 37.5 Å². The highest BCUT2D eigenvalue weighted by molar-refractivity contribution is 7.89. The summed E-state index contributed by atoms with van der Waals surface area (Å²) >= 11 is 7.51. The fourth-order valence-electron chi connectivity index (χ4n) is 2.05. The van der Waals surface area contributed by atoms with Crippen LogP contribution in [0.1, 0.15) is 11.1 Å². The van der Waals surface area contributed by atoms with E-state index in [0.29, 0.717) is 30.3 Å². The molecule has 0 saturated heterocycles. The van der Waals surface area contributed by atoms with Crippen LogP contribution >= 0.6 is 22.9 Å². The zero-order chi connectivity index (χ0) is 16.2. The van der Waals surface area contributed by atoms with Crippen molar-refractivity contribution in [2.75, 3.05) is 20.3 Å².